The summed E-state index contributed by atoms with van der Waals surface area (Å²) in [6.45, 7) is 23.2. The van der Waals surface area contributed by atoms with Gasteiger partial charge in [-0.25, -0.2) is 9.78 Å². The summed E-state index contributed by atoms with van der Waals surface area (Å²) in [6.07, 6.45) is 11.1. The Bertz CT molecular complexity index is 2520. The molecule has 3 aromatic rings. The van der Waals surface area contributed by atoms with E-state index in [-0.39, 0.29) is 35.7 Å². The molecule has 9 rings (SSSR count). The van der Waals surface area contributed by atoms with E-state index in [4.69, 9.17) is 4.74 Å². The molecule has 6 heterocycles. The molecule has 0 radical (unpaired) electrons. The normalized spacial score (nSPS) is 23.5. The van der Waals surface area contributed by atoms with Crippen LogP contribution in [0.3, 0.4) is 0 Å². The number of piperazine rings is 1. The summed E-state index contributed by atoms with van der Waals surface area (Å²) in [4.78, 5) is 64.2. The fourth-order valence-corrected chi connectivity index (χ4v) is 11.5. The average Bonchev–Trinajstić information content (AvgIpc) is 3.67. The first-order chi connectivity index (χ1) is 33.5. The van der Waals surface area contributed by atoms with Gasteiger partial charge in [-0.3, -0.25) is 34.8 Å². The predicted octanol–water partition coefficient (Wildman–Crippen LogP) is 8.10. The number of pyridine rings is 1. The Hall–Kier alpha value is -5.99. The van der Waals surface area contributed by atoms with E-state index in [0.717, 1.165) is 101 Å². The van der Waals surface area contributed by atoms with Gasteiger partial charge in [-0.05, 0) is 163 Å². The van der Waals surface area contributed by atoms with Crippen LogP contribution in [-0.2, 0) is 14.3 Å². The lowest BCUT2D eigenvalue weighted by Gasteiger charge is -2.40. The van der Waals surface area contributed by atoms with Crippen LogP contribution >= 0.6 is 0 Å². The number of piperidine rings is 3. The van der Waals surface area contributed by atoms with Gasteiger partial charge in [0.25, 0.3) is 5.91 Å². The van der Waals surface area contributed by atoms with Gasteiger partial charge in [-0.2, -0.15) is 0 Å². The second kappa shape index (κ2) is 20.8. The molecule has 0 saturated carbocycles. The SMILES string of the molecule is Cc1cc(NC2CCC(=O)NC2=O)ccc1N1CCN(CC2CCN(C(=O)c3ccc(C4CCN([C@@H](C)C5=CC6=C(NC(C)C=C6c6ccc(NC(=O)OC(C)(C)C)nc6)C5C)CC4)cc3)CC2)CC1. The number of aromatic nitrogens is 1. The molecule has 4 fully saturated rings. The van der Waals surface area contributed by atoms with Crippen molar-refractivity contribution in [3.05, 3.63) is 112 Å². The standard InChI is InChI=1S/C56H73N9O5/c1-35-30-44(59-48-14-17-51(66)61-53(48)67)13-15-49(35)64-28-26-62(27-29-64)34-39-18-22-65(23-19-39)54(68)42-10-8-40(9-11-42)41-20-24-63(25-21-41)38(4)45-32-47-46(31-36(2)58-52(47)37(45)3)43-12-16-50(57-33-43)60-55(69)70-56(5,6)7/h8-13,15-16,30-33,36-39,41,48,58-59H,14,17-29,34H2,1-7H3,(H,57,60,69)(H,61,66,67)/t36?,37?,38-,48?/m0/s1. The lowest BCUT2D eigenvalue weighted by molar-refractivity contribution is -0.133. The van der Waals surface area contributed by atoms with Crippen LogP contribution in [0, 0.1) is 18.8 Å². The van der Waals surface area contributed by atoms with Gasteiger partial charge in [0.2, 0.25) is 11.8 Å². The molecule has 372 valence electrons. The molecule has 14 heteroatoms. The third-order valence-electron chi connectivity index (χ3n) is 15.4. The third-order valence-corrected chi connectivity index (χ3v) is 15.4. The zero-order chi connectivity index (χ0) is 49.3. The largest absolute Gasteiger partial charge is 0.444 e. The van der Waals surface area contributed by atoms with Crippen LogP contribution in [0.1, 0.15) is 113 Å². The van der Waals surface area contributed by atoms with E-state index >= 15 is 0 Å². The molecule has 4 N–H and O–H groups in total. The minimum atomic E-state index is -0.586. The van der Waals surface area contributed by atoms with Crippen molar-refractivity contribution in [3.8, 4) is 0 Å². The fraction of sp³-hybridized carbons (Fsp3) is 0.518. The highest BCUT2D eigenvalue weighted by Crippen LogP contribution is 2.43. The molecule has 1 aromatic heterocycles. The van der Waals surface area contributed by atoms with E-state index < -0.39 is 11.7 Å². The van der Waals surface area contributed by atoms with E-state index in [2.05, 4.69) is 122 Å². The highest BCUT2D eigenvalue weighted by molar-refractivity contribution is 6.01. The van der Waals surface area contributed by atoms with E-state index in [9.17, 15) is 19.2 Å². The van der Waals surface area contributed by atoms with Gasteiger partial charge in [-0.1, -0.05) is 31.2 Å². The summed E-state index contributed by atoms with van der Waals surface area (Å²) in [5.74, 6) is 1.49. The van der Waals surface area contributed by atoms with Crippen LogP contribution in [-0.4, -0.2) is 126 Å². The van der Waals surface area contributed by atoms with Gasteiger partial charge in [-0.15, -0.1) is 0 Å². The first-order valence-corrected chi connectivity index (χ1v) is 25.8. The number of benzene rings is 2. The molecule has 1 aliphatic carbocycles. The Labute approximate surface area is 414 Å². The molecular weight excluding hydrogens is 879 g/mol. The first kappa shape index (κ1) is 49.0. The lowest BCUT2D eigenvalue weighted by atomic mass is 9.87. The summed E-state index contributed by atoms with van der Waals surface area (Å²) in [5.41, 5.74) is 10.9. The predicted molar refractivity (Wildman–Crippen MR) is 277 cm³/mol. The van der Waals surface area contributed by atoms with Gasteiger partial charge >= 0.3 is 6.09 Å². The maximum Gasteiger partial charge on any atom is 0.413 e. The molecule has 14 nitrogen and oxygen atoms in total. The topological polar surface area (TPSA) is 151 Å². The highest BCUT2D eigenvalue weighted by atomic mass is 16.6. The second-order valence-electron chi connectivity index (χ2n) is 21.5. The number of amides is 4. The number of nitrogens with one attached hydrogen (secondary N) is 4. The highest BCUT2D eigenvalue weighted by Gasteiger charge is 2.36. The van der Waals surface area contributed by atoms with Crippen LogP contribution < -0.4 is 26.2 Å². The van der Waals surface area contributed by atoms with E-state index in [1.165, 1.54) is 39.2 Å². The molecule has 70 heavy (non-hydrogen) atoms. The number of nitrogens with zero attached hydrogens (tertiary/aromatic N) is 5. The number of likely N-dealkylation sites (tertiary alicyclic amines) is 2. The average molecular weight is 952 g/mol. The first-order valence-electron chi connectivity index (χ1n) is 25.8. The third kappa shape index (κ3) is 11.3. The van der Waals surface area contributed by atoms with Crippen molar-refractivity contribution in [1.29, 1.82) is 0 Å². The molecular formula is C56H73N9O5. The zero-order valence-corrected chi connectivity index (χ0v) is 42.3. The number of dihydropyridines is 1. The summed E-state index contributed by atoms with van der Waals surface area (Å²) in [7, 11) is 0. The van der Waals surface area contributed by atoms with Crippen LogP contribution in [0.4, 0.5) is 22.0 Å². The number of anilines is 3. The van der Waals surface area contributed by atoms with Gasteiger partial charge in [0, 0.05) is 110 Å². The number of rotatable bonds is 11. The summed E-state index contributed by atoms with van der Waals surface area (Å²) < 4.78 is 5.40. The summed E-state index contributed by atoms with van der Waals surface area (Å²) in [5, 5.41) is 12.2. The van der Waals surface area contributed by atoms with Crippen LogP contribution in [0.15, 0.2) is 89.8 Å². The van der Waals surface area contributed by atoms with Gasteiger partial charge in [0.05, 0.1) is 0 Å². The number of hydrogen-bond donors (Lipinski definition) is 4. The van der Waals surface area contributed by atoms with Crippen molar-refractivity contribution in [2.24, 2.45) is 11.8 Å². The summed E-state index contributed by atoms with van der Waals surface area (Å²) in [6, 6.07) is 18.7. The minimum Gasteiger partial charge on any atom is -0.444 e. The van der Waals surface area contributed by atoms with Crippen LogP contribution in [0.25, 0.3) is 5.57 Å². The molecule has 4 atom stereocenters. The Morgan fingerprint density at radius 2 is 1.61 bits per heavy atom. The maximum absolute atomic E-state index is 13.7. The van der Waals surface area contributed by atoms with Crippen LogP contribution in [0.2, 0.25) is 0 Å². The number of imide groups is 1. The molecule has 4 amide bonds. The Kier molecular flexibility index (Phi) is 14.5. The van der Waals surface area contributed by atoms with E-state index in [0.29, 0.717) is 36.5 Å². The number of carbonyl (C=O) groups excluding carboxylic acids is 4. The Morgan fingerprint density at radius 1 is 0.886 bits per heavy atom. The lowest BCUT2D eigenvalue weighted by Crippen LogP contribution is -2.49. The molecule has 4 saturated heterocycles. The number of ether oxygens (including phenoxy) is 1. The Morgan fingerprint density at radius 3 is 2.27 bits per heavy atom. The minimum absolute atomic E-state index is 0.150. The van der Waals surface area contributed by atoms with E-state index in [1.807, 2.05) is 45.2 Å². The monoisotopic (exact) mass is 952 g/mol. The number of aryl methyl sites for hydroxylation is 1. The van der Waals surface area contributed by atoms with E-state index in [1.54, 1.807) is 0 Å². The molecule has 2 aromatic carbocycles. The van der Waals surface area contributed by atoms with Crippen molar-refractivity contribution in [3.63, 3.8) is 0 Å². The zero-order valence-electron chi connectivity index (χ0n) is 42.3. The van der Waals surface area contributed by atoms with Crippen molar-refractivity contribution in [1.82, 2.24) is 30.3 Å². The molecule has 5 aliphatic heterocycles. The van der Waals surface area contributed by atoms with Gasteiger partial charge < -0.3 is 25.2 Å². The number of hydrogen-bond acceptors (Lipinski definition) is 11. The quantitative estimate of drug-likeness (QED) is 0.138. The summed E-state index contributed by atoms with van der Waals surface area (Å²) >= 11 is 0. The molecule has 3 unspecified atom stereocenters. The van der Waals surface area contributed by atoms with Crippen molar-refractivity contribution < 1.29 is 23.9 Å². The number of carbonyl (C=O) groups is 4. The smallest absolute Gasteiger partial charge is 0.413 e. The molecule has 0 bridgehead atoms. The maximum atomic E-state index is 13.7. The van der Waals surface area contributed by atoms with Crippen molar-refractivity contribution in [2.75, 3.05) is 74.4 Å². The number of allylic oxidation sites excluding steroid dienone is 4. The van der Waals surface area contributed by atoms with Crippen LogP contribution in [0.5, 0.6) is 0 Å². The van der Waals surface area contributed by atoms with Crippen molar-refractivity contribution >= 4 is 46.6 Å². The van der Waals surface area contributed by atoms with Crippen molar-refractivity contribution in [2.45, 2.75) is 117 Å². The Balaban J connectivity index is 0.708. The second-order valence-corrected chi connectivity index (χ2v) is 21.5. The molecule has 6 aliphatic rings. The van der Waals surface area contributed by atoms with Gasteiger partial charge in [0.1, 0.15) is 17.5 Å². The molecule has 0 spiro atoms. The fourth-order valence-electron chi connectivity index (χ4n) is 11.5. The van der Waals surface area contributed by atoms with Gasteiger partial charge in [0.15, 0.2) is 0 Å².